The summed E-state index contributed by atoms with van der Waals surface area (Å²) in [7, 11) is -3.67. The van der Waals surface area contributed by atoms with E-state index in [1.807, 2.05) is 19.1 Å². The number of anilines is 2. The molecule has 1 aliphatic rings. The molecule has 0 atom stereocenters. The lowest BCUT2D eigenvalue weighted by Gasteiger charge is -2.17. The van der Waals surface area contributed by atoms with E-state index in [2.05, 4.69) is 27.1 Å². The smallest absolute Gasteiger partial charge is 0.261 e. The summed E-state index contributed by atoms with van der Waals surface area (Å²) in [4.78, 5) is 15.1. The zero-order valence-corrected chi connectivity index (χ0v) is 18.9. The highest BCUT2D eigenvalue weighted by molar-refractivity contribution is 7.92. The van der Waals surface area contributed by atoms with E-state index in [0.717, 1.165) is 24.2 Å². The molecule has 0 spiro atoms. The Morgan fingerprint density at radius 1 is 0.875 bits per heavy atom. The second-order valence-electron chi connectivity index (χ2n) is 8.04. The van der Waals surface area contributed by atoms with Crippen LogP contribution in [-0.4, -0.2) is 27.4 Å². The molecule has 166 valence electrons. The van der Waals surface area contributed by atoms with E-state index in [1.165, 1.54) is 18.5 Å². The van der Waals surface area contributed by atoms with Crippen LogP contribution in [0.1, 0.15) is 34.3 Å². The van der Waals surface area contributed by atoms with Crippen molar-refractivity contribution in [2.45, 2.75) is 31.2 Å². The fourth-order valence-electron chi connectivity index (χ4n) is 3.71. The molecule has 7 heteroatoms. The summed E-state index contributed by atoms with van der Waals surface area (Å²) in [6.07, 6.45) is 2.48. The molecular formula is C25H27N3O3S. The summed E-state index contributed by atoms with van der Waals surface area (Å²) in [5.41, 5.74) is 4.11. The van der Waals surface area contributed by atoms with Gasteiger partial charge in [0.05, 0.1) is 4.90 Å². The van der Waals surface area contributed by atoms with Gasteiger partial charge in [0.25, 0.3) is 15.9 Å². The molecule has 4 rings (SSSR count). The summed E-state index contributed by atoms with van der Waals surface area (Å²) in [5.74, 6) is -0.207. The average molecular weight is 450 g/mol. The lowest BCUT2D eigenvalue weighted by molar-refractivity contribution is 0.0951. The van der Waals surface area contributed by atoms with Gasteiger partial charge in [-0.05, 0) is 73.9 Å². The Balaban J connectivity index is 1.33. The number of amides is 1. The van der Waals surface area contributed by atoms with E-state index < -0.39 is 10.0 Å². The van der Waals surface area contributed by atoms with Gasteiger partial charge in [0.2, 0.25) is 0 Å². The minimum absolute atomic E-state index is 0.195. The third-order valence-corrected chi connectivity index (χ3v) is 6.99. The molecule has 1 amide bonds. The van der Waals surface area contributed by atoms with E-state index in [9.17, 15) is 13.2 Å². The quantitative estimate of drug-likeness (QED) is 0.563. The van der Waals surface area contributed by atoms with Crippen LogP contribution in [0.25, 0.3) is 0 Å². The minimum Gasteiger partial charge on any atom is -0.372 e. The van der Waals surface area contributed by atoms with E-state index >= 15 is 0 Å². The van der Waals surface area contributed by atoms with Gasteiger partial charge >= 0.3 is 0 Å². The van der Waals surface area contributed by atoms with E-state index in [-0.39, 0.29) is 10.8 Å². The van der Waals surface area contributed by atoms with Crippen LogP contribution in [0.15, 0.2) is 77.7 Å². The number of aryl methyl sites for hydroxylation is 1. The van der Waals surface area contributed by atoms with Gasteiger partial charge in [0.1, 0.15) is 0 Å². The van der Waals surface area contributed by atoms with E-state index in [1.54, 1.807) is 48.5 Å². The average Bonchev–Trinajstić information content (AvgIpc) is 3.33. The normalized spacial score (nSPS) is 13.7. The van der Waals surface area contributed by atoms with Gasteiger partial charge in [-0.2, -0.15) is 0 Å². The maximum absolute atomic E-state index is 12.5. The summed E-state index contributed by atoms with van der Waals surface area (Å²) in [6, 6.07) is 21.3. The molecule has 0 bridgehead atoms. The third-order valence-electron chi connectivity index (χ3n) is 5.59. The molecular weight excluding hydrogens is 422 g/mol. The maximum atomic E-state index is 12.5. The van der Waals surface area contributed by atoms with Crippen molar-refractivity contribution in [3.8, 4) is 0 Å². The topological polar surface area (TPSA) is 78.5 Å². The molecule has 6 nitrogen and oxygen atoms in total. The Labute approximate surface area is 189 Å². The highest BCUT2D eigenvalue weighted by Gasteiger charge is 2.15. The second kappa shape index (κ2) is 9.44. The number of nitrogens with zero attached hydrogens (tertiary/aromatic N) is 1. The Morgan fingerprint density at radius 2 is 1.50 bits per heavy atom. The van der Waals surface area contributed by atoms with Crippen LogP contribution in [0.2, 0.25) is 0 Å². The third kappa shape index (κ3) is 5.29. The van der Waals surface area contributed by atoms with Gasteiger partial charge in [-0.25, -0.2) is 8.42 Å². The van der Waals surface area contributed by atoms with Crippen molar-refractivity contribution in [2.24, 2.45) is 0 Å². The van der Waals surface area contributed by atoms with Crippen molar-refractivity contribution in [1.82, 2.24) is 5.32 Å². The van der Waals surface area contributed by atoms with Crippen LogP contribution in [0.5, 0.6) is 0 Å². The number of rotatable bonds is 7. The fourth-order valence-corrected chi connectivity index (χ4v) is 4.76. The number of hydrogen-bond acceptors (Lipinski definition) is 4. The number of sulfonamides is 1. The summed E-state index contributed by atoms with van der Waals surface area (Å²) < 4.78 is 27.6. The maximum Gasteiger partial charge on any atom is 0.261 e. The van der Waals surface area contributed by atoms with Crippen molar-refractivity contribution >= 4 is 27.3 Å². The summed E-state index contributed by atoms with van der Waals surface area (Å²) >= 11 is 0. The Kier molecular flexibility index (Phi) is 6.46. The molecule has 3 aromatic rings. The van der Waals surface area contributed by atoms with Crippen LogP contribution < -0.4 is 14.9 Å². The molecule has 32 heavy (non-hydrogen) atoms. The summed E-state index contributed by atoms with van der Waals surface area (Å²) in [5, 5.41) is 2.91. The van der Waals surface area contributed by atoms with Crippen molar-refractivity contribution in [3.63, 3.8) is 0 Å². The Bertz CT molecular complexity index is 1170. The van der Waals surface area contributed by atoms with Crippen molar-refractivity contribution in [1.29, 1.82) is 0 Å². The first-order valence-electron chi connectivity index (χ1n) is 10.7. The van der Waals surface area contributed by atoms with Crippen LogP contribution in [-0.2, 0) is 16.6 Å². The lowest BCUT2D eigenvalue weighted by Crippen LogP contribution is -2.23. The minimum atomic E-state index is -3.67. The van der Waals surface area contributed by atoms with Crippen molar-refractivity contribution < 1.29 is 13.2 Å². The molecule has 0 aliphatic carbocycles. The SMILES string of the molecule is Cc1ccc(S(=O)(=O)Nc2ccc(C(=O)NCc3ccc(N4CCCC4)cc3)cc2)cc1. The first-order valence-corrected chi connectivity index (χ1v) is 12.2. The zero-order chi connectivity index (χ0) is 22.6. The first-order chi connectivity index (χ1) is 15.4. The molecule has 0 saturated carbocycles. The lowest BCUT2D eigenvalue weighted by atomic mass is 10.1. The molecule has 1 saturated heterocycles. The predicted molar refractivity (Wildman–Crippen MR) is 127 cm³/mol. The van der Waals surface area contributed by atoms with Gasteiger partial charge in [0, 0.05) is 36.6 Å². The van der Waals surface area contributed by atoms with Gasteiger partial charge in [-0.15, -0.1) is 0 Å². The largest absolute Gasteiger partial charge is 0.372 e. The molecule has 0 radical (unpaired) electrons. The molecule has 1 fully saturated rings. The van der Waals surface area contributed by atoms with Crippen LogP contribution in [0, 0.1) is 6.92 Å². The second-order valence-corrected chi connectivity index (χ2v) is 9.72. The molecule has 0 unspecified atom stereocenters. The van der Waals surface area contributed by atoms with Crippen LogP contribution in [0.4, 0.5) is 11.4 Å². The van der Waals surface area contributed by atoms with E-state index in [4.69, 9.17) is 0 Å². The predicted octanol–water partition coefficient (Wildman–Crippen LogP) is 4.33. The molecule has 0 aromatic heterocycles. The van der Waals surface area contributed by atoms with Crippen LogP contribution in [0.3, 0.4) is 0 Å². The van der Waals surface area contributed by atoms with Gasteiger partial charge < -0.3 is 10.2 Å². The number of carbonyl (C=O) groups excluding carboxylic acids is 1. The number of benzene rings is 3. The molecule has 1 heterocycles. The number of nitrogens with one attached hydrogen (secondary N) is 2. The standard InChI is InChI=1S/C25H27N3O3S/c1-19-4-14-24(15-5-19)32(30,31)27-22-10-8-21(9-11-22)25(29)26-18-20-6-12-23(13-7-20)28-16-2-3-17-28/h4-15,27H,2-3,16-18H2,1H3,(H,26,29). The summed E-state index contributed by atoms with van der Waals surface area (Å²) in [6.45, 7) is 4.54. The molecule has 2 N–H and O–H groups in total. The van der Waals surface area contributed by atoms with Gasteiger partial charge in [-0.3, -0.25) is 9.52 Å². The zero-order valence-electron chi connectivity index (χ0n) is 18.0. The van der Waals surface area contributed by atoms with Crippen LogP contribution >= 0.6 is 0 Å². The Morgan fingerprint density at radius 3 is 2.12 bits per heavy atom. The van der Waals surface area contributed by atoms with Gasteiger partial charge in [-0.1, -0.05) is 29.8 Å². The number of hydrogen-bond donors (Lipinski definition) is 2. The van der Waals surface area contributed by atoms with Gasteiger partial charge in [0.15, 0.2) is 0 Å². The first kappa shape index (κ1) is 21.9. The number of carbonyl (C=O) groups is 1. The molecule has 3 aromatic carbocycles. The fraction of sp³-hybridized carbons (Fsp3) is 0.240. The van der Waals surface area contributed by atoms with Crippen molar-refractivity contribution in [3.05, 3.63) is 89.5 Å². The Hall–Kier alpha value is -3.32. The molecule has 1 aliphatic heterocycles. The van der Waals surface area contributed by atoms with Crippen molar-refractivity contribution in [2.75, 3.05) is 22.7 Å². The van der Waals surface area contributed by atoms with E-state index in [0.29, 0.717) is 17.8 Å². The highest BCUT2D eigenvalue weighted by atomic mass is 32.2. The monoisotopic (exact) mass is 449 g/mol. The highest BCUT2D eigenvalue weighted by Crippen LogP contribution is 2.21.